The van der Waals surface area contributed by atoms with Gasteiger partial charge in [0.1, 0.15) is 6.04 Å². The van der Waals surface area contributed by atoms with Crippen molar-refractivity contribution in [2.75, 3.05) is 25.6 Å². The lowest BCUT2D eigenvalue weighted by atomic mass is 9.89. The number of carbonyl (C=O) groups excluding carboxylic acids is 1. The van der Waals surface area contributed by atoms with E-state index in [1.54, 1.807) is 7.11 Å². The molecule has 2 rings (SSSR count). The second-order valence-electron chi connectivity index (χ2n) is 6.52. The van der Waals surface area contributed by atoms with Crippen LogP contribution in [0, 0.1) is 5.41 Å². The molecule has 0 saturated heterocycles. The molecular weight excluding hydrogens is 264 g/mol. The summed E-state index contributed by atoms with van der Waals surface area (Å²) in [5, 5.41) is 6.41. The first-order chi connectivity index (χ1) is 10.0. The number of ether oxygens (including phenoxy) is 1. The Hall–Kier alpha value is -1.55. The molecule has 1 aliphatic rings. The zero-order chi connectivity index (χ0) is 15.3. The number of aryl methyl sites for hydroxylation is 1. The number of hydrogen-bond donors (Lipinski definition) is 2. The predicted molar refractivity (Wildman–Crippen MR) is 85.5 cm³/mol. The standard InChI is InChI=1S/C17H26N2O2/c1-17(2,10-11-21-3)12-18-16(20)15-9-8-13-6-4-5-7-14(13)19-15/h4-7,15,19H,8-12H2,1-3H3,(H,18,20). The maximum absolute atomic E-state index is 12.3. The lowest BCUT2D eigenvalue weighted by Crippen LogP contribution is -2.45. The normalized spacial score (nSPS) is 17.8. The van der Waals surface area contributed by atoms with E-state index in [0.29, 0.717) is 6.54 Å². The van der Waals surface area contributed by atoms with Crippen molar-refractivity contribution in [2.24, 2.45) is 5.41 Å². The number of fused-ring (bicyclic) bond motifs is 1. The molecule has 1 aromatic carbocycles. The summed E-state index contributed by atoms with van der Waals surface area (Å²) in [7, 11) is 1.71. The van der Waals surface area contributed by atoms with Gasteiger partial charge in [-0.1, -0.05) is 32.0 Å². The number of methoxy groups -OCH3 is 1. The first kappa shape index (κ1) is 15.8. The predicted octanol–water partition coefficient (Wildman–Crippen LogP) is 2.59. The van der Waals surface area contributed by atoms with Crippen molar-refractivity contribution < 1.29 is 9.53 Å². The molecule has 4 nitrogen and oxygen atoms in total. The average molecular weight is 290 g/mol. The van der Waals surface area contributed by atoms with Crippen LogP contribution in [0.5, 0.6) is 0 Å². The number of anilines is 1. The van der Waals surface area contributed by atoms with Gasteiger partial charge in [0, 0.05) is 25.9 Å². The zero-order valence-electron chi connectivity index (χ0n) is 13.2. The Morgan fingerprint density at radius 1 is 1.43 bits per heavy atom. The monoisotopic (exact) mass is 290 g/mol. The summed E-state index contributed by atoms with van der Waals surface area (Å²) in [5.74, 6) is 0.0926. The van der Waals surface area contributed by atoms with E-state index in [2.05, 4.69) is 30.5 Å². The molecule has 21 heavy (non-hydrogen) atoms. The number of para-hydroxylation sites is 1. The number of hydrogen-bond acceptors (Lipinski definition) is 3. The van der Waals surface area contributed by atoms with Gasteiger partial charge in [-0.05, 0) is 36.3 Å². The third kappa shape index (κ3) is 4.46. The van der Waals surface area contributed by atoms with Crippen LogP contribution in [0.2, 0.25) is 0 Å². The topological polar surface area (TPSA) is 50.4 Å². The molecule has 0 radical (unpaired) electrons. The van der Waals surface area contributed by atoms with Gasteiger partial charge in [0.25, 0.3) is 0 Å². The van der Waals surface area contributed by atoms with Gasteiger partial charge >= 0.3 is 0 Å². The Morgan fingerprint density at radius 3 is 2.95 bits per heavy atom. The molecule has 1 aliphatic heterocycles. The van der Waals surface area contributed by atoms with Gasteiger partial charge in [-0.3, -0.25) is 4.79 Å². The molecule has 1 atom stereocenters. The van der Waals surface area contributed by atoms with Gasteiger partial charge in [-0.15, -0.1) is 0 Å². The summed E-state index contributed by atoms with van der Waals surface area (Å²) >= 11 is 0. The van der Waals surface area contributed by atoms with Gasteiger partial charge in [0.05, 0.1) is 0 Å². The highest BCUT2D eigenvalue weighted by Gasteiger charge is 2.25. The average Bonchev–Trinajstić information content (AvgIpc) is 2.50. The van der Waals surface area contributed by atoms with E-state index in [4.69, 9.17) is 4.74 Å². The van der Waals surface area contributed by atoms with E-state index in [-0.39, 0.29) is 17.4 Å². The van der Waals surface area contributed by atoms with Crippen molar-refractivity contribution in [1.82, 2.24) is 5.32 Å². The van der Waals surface area contributed by atoms with Crippen molar-refractivity contribution in [1.29, 1.82) is 0 Å². The Morgan fingerprint density at radius 2 is 2.19 bits per heavy atom. The molecule has 0 aliphatic carbocycles. The van der Waals surface area contributed by atoms with Crippen LogP contribution in [0.3, 0.4) is 0 Å². The van der Waals surface area contributed by atoms with Crippen LogP contribution in [-0.2, 0) is 16.0 Å². The van der Waals surface area contributed by atoms with Crippen LogP contribution in [0.1, 0.15) is 32.3 Å². The second kappa shape index (κ2) is 6.94. The summed E-state index contributed by atoms with van der Waals surface area (Å²) in [6.07, 6.45) is 2.74. The second-order valence-corrected chi connectivity index (χ2v) is 6.52. The largest absolute Gasteiger partial charge is 0.385 e. The number of benzene rings is 1. The molecule has 2 N–H and O–H groups in total. The molecule has 1 unspecified atom stereocenters. The fourth-order valence-electron chi connectivity index (χ4n) is 2.55. The fraction of sp³-hybridized carbons (Fsp3) is 0.588. The third-order valence-electron chi connectivity index (χ3n) is 4.09. The SMILES string of the molecule is COCCC(C)(C)CNC(=O)C1CCc2ccccc2N1. The third-order valence-corrected chi connectivity index (χ3v) is 4.09. The Balaban J connectivity index is 1.85. The van der Waals surface area contributed by atoms with E-state index in [1.807, 2.05) is 18.2 Å². The minimum absolute atomic E-state index is 0.0538. The number of nitrogens with one attached hydrogen (secondary N) is 2. The summed E-state index contributed by atoms with van der Waals surface area (Å²) in [4.78, 5) is 12.3. The lowest BCUT2D eigenvalue weighted by Gasteiger charge is -2.29. The van der Waals surface area contributed by atoms with Crippen LogP contribution in [-0.4, -0.2) is 32.2 Å². The van der Waals surface area contributed by atoms with Gasteiger partial charge in [-0.25, -0.2) is 0 Å². The van der Waals surface area contributed by atoms with Crippen LogP contribution in [0.15, 0.2) is 24.3 Å². The Bertz CT molecular complexity index is 485. The van der Waals surface area contributed by atoms with Crippen LogP contribution in [0.4, 0.5) is 5.69 Å². The maximum Gasteiger partial charge on any atom is 0.242 e. The first-order valence-electron chi connectivity index (χ1n) is 7.63. The van der Waals surface area contributed by atoms with Crippen molar-refractivity contribution in [3.8, 4) is 0 Å². The molecular formula is C17H26N2O2. The number of amides is 1. The van der Waals surface area contributed by atoms with Crippen LogP contribution < -0.4 is 10.6 Å². The summed E-state index contributed by atoms with van der Waals surface area (Å²) < 4.78 is 5.11. The van der Waals surface area contributed by atoms with Crippen LogP contribution >= 0.6 is 0 Å². The highest BCUT2D eigenvalue weighted by molar-refractivity contribution is 5.85. The van der Waals surface area contributed by atoms with E-state index < -0.39 is 0 Å². The van der Waals surface area contributed by atoms with E-state index in [9.17, 15) is 4.79 Å². The summed E-state index contributed by atoms with van der Waals surface area (Å²) in [5.41, 5.74) is 2.43. The molecule has 0 spiro atoms. The Labute approximate surface area is 127 Å². The minimum atomic E-state index is -0.127. The lowest BCUT2D eigenvalue weighted by molar-refractivity contribution is -0.122. The highest BCUT2D eigenvalue weighted by Crippen LogP contribution is 2.24. The van der Waals surface area contributed by atoms with Crippen molar-refractivity contribution >= 4 is 11.6 Å². The molecule has 0 bridgehead atoms. The molecule has 1 amide bonds. The molecule has 0 fully saturated rings. The first-order valence-corrected chi connectivity index (χ1v) is 7.63. The Kier molecular flexibility index (Phi) is 5.23. The minimum Gasteiger partial charge on any atom is -0.385 e. The summed E-state index contributed by atoms with van der Waals surface area (Å²) in [6.45, 7) is 5.69. The van der Waals surface area contributed by atoms with Crippen molar-refractivity contribution in [3.05, 3.63) is 29.8 Å². The fourth-order valence-corrected chi connectivity index (χ4v) is 2.55. The molecule has 4 heteroatoms. The maximum atomic E-state index is 12.3. The van der Waals surface area contributed by atoms with Gasteiger partial charge < -0.3 is 15.4 Å². The summed E-state index contributed by atoms with van der Waals surface area (Å²) in [6, 6.07) is 8.07. The van der Waals surface area contributed by atoms with E-state index in [0.717, 1.165) is 31.6 Å². The smallest absolute Gasteiger partial charge is 0.242 e. The molecule has 1 heterocycles. The van der Waals surface area contributed by atoms with E-state index >= 15 is 0 Å². The molecule has 116 valence electrons. The zero-order valence-corrected chi connectivity index (χ0v) is 13.2. The quantitative estimate of drug-likeness (QED) is 0.846. The van der Waals surface area contributed by atoms with E-state index in [1.165, 1.54) is 5.56 Å². The van der Waals surface area contributed by atoms with Gasteiger partial charge in [-0.2, -0.15) is 0 Å². The molecule has 0 aromatic heterocycles. The van der Waals surface area contributed by atoms with Gasteiger partial charge in [0.2, 0.25) is 5.91 Å². The van der Waals surface area contributed by atoms with Crippen molar-refractivity contribution in [3.63, 3.8) is 0 Å². The number of carbonyl (C=O) groups is 1. The van der Waals surface area contributed by atoms with Crippen LogP contribution in [0.25, 0.3) is 0 Å². The molecule has 0 saturated carbocycles. The van der Waals surface area contributed by atoms with Crippen molar-refractivity contribution in [2.45, 2.75) is 39.2 Å². The van der Waals surface area contributed by atoms with Gasteiger partial charge in [0.15, 0.2) is 0 Å². The number of rotatable bonds is 6. The highest BCUT2D eigenvalue weighted by atomic mass is 16.5. The molecule has 1 aromatic rings.